The van der Waals surface area contributed by atoms with E-state index in [0.29, 0.717) is 25.0 Å². The van der Waals surface area contributed by atoms with Crippen LogP contribution in [0.15, 0.2) is 42.7 Å². The molecule has 4 rings (SSSR count). The Morgan fingerprint density at radius 2 is 2.00 bits per heavy atom. The third kappa shape index (κ3) is 4.67. The Morgan fingerprint density at radius 3 is 2.76 bits per heavy atom. The molecule has 1 aromatic carbocycles. The lowest BCUT2D eigenvalue weighted by atomic mass is 9.93. The molecule has 0 saturated carbocycles. The van der Waals surface area contributed by atoms with Crippen molar-refractivity contribution in [3.8, 4) is 0 Å². The molecule has 0 bridgehead atoms. The van der Waals surface area contributed by atoms with Crippen LogP contribution in [-0.4, -0.2) is 44.6 Å². The van der Waals surface area contributed by atoms with Crippen LogP contribution in [0.2, 0.25) is 0 Å². The average molecular weight is 393 g/mol. The van der Waals surface area contributed by atoms with Crippen molar-refractivity contribution in [1.82, 2.24) is 19.9 Å². The zero-order valence-electron chi connectivity index (χ0n) is 17.1. The van der Waals surface area contributed by atoms with Crippen molar-refractivity contribution in [2.75, 3.05) is 18.4 Å². The van der Waals surface area contributed by atoms with E-state index >= 15 is 0 Å². The molecular weight excluding hydrogens is 366 g/mol. The zero-order chi connectivity index (χ0) is 20.4. The summed E-state index contributed by atoms with van der Waals surface area (Å²) in [5.74, 6) is 0.895. The first-order chi connectivity index (χ1) is 13.9. The Bertz CT molecular complexity index is 1000. The van der Waals surface area contributed by atoms with E-state index in [1.165, 1.54) is 5.39 Å². The van der Waals surface area contributed by atoms with Crippen LogP contribution in [0.5, 0.6) is 0 Å². The lowest BCUT2D eigenvalue weighted by Crippen LogP contribution is -2.41. The van der Waals surface area contributed by atoms with Gasteiger partial charge in [-0.3, -0.25) is 0 Å². The molecule has 2 aromatic heterocycles. The van der Waals surface area contributed by atoms with Crippen LogP contribution in [0.25, 0.3) is 10.9 Å². The van der Waals surface area contributed by atoms with Gasteiger partial charge in [0.15, 0.2) is 0 Å². The number of carbonyl (C=O) groups excluding carboxylic acids is 1. The molecule has 1 amide bonds. The zero-order valence-corrected chi connectivity index (χ0v) is 17.1. The maximum Gasteiger partial charge on any atom is 0.410 e. The van der Waals surface area contributed by atoms with Crippen molar-refractivity contribution >= 4 is 28.6 Å². The fourth-order valence-electron chi connectivity index (χ4n) is 3.60. The number of amides is 1. The van der Waals surface area contributed by atoms with Crippen LogP contribution in [0.3, 0.4) is 0 Å². The van der Waals surface area contributed by atoms with E-state index in [1.807, 2.05) is 51.2 Å². The molecule has 152 valence electrons. The van der Waals surface area contributed by atoms with Crippen molar-refractivity contribution in [2.45, 2.75) is 45.1 Å². The number of anilines is 2. The molecule has 0 aliphatic carbocycles. The van der Waals surface area contributed by atoms with Gasteiger partial charge in [0.25, 0.3) is 0 Å². The summed E-state index contributed by atoms with van der Waals surface area (Å²) in [4.78, 5) is 26.3. The van der Waals surface area contributed by atoms with Crippen LogP contribution in [0.4, 0.5) is 16.4 Å². The molecule has 0 radical (unpaired) electrons. The third-order valence-corrected chi connectivity index (χ3v) is 5.05. The van der Waals surface area contributed by atoms with Gasteiger partial charge in [-0.2, -0.15) is 0 Å². The van der Waals surface area contributed by atoms with E-state index in [9.17, 15) is 4.79 Å². The van der Waals surface area contributed by atoms with E-state index in [4.69, 9.17) is 9.72 Å². The van der Waals surface area contributed by atoms with Gasteiger partial charge in [0.1, 0.15) is 5.60 Å². The highest BCUT2D eigenvalue weighted by Crippen LogP contribution is 2.28. The van der Waals surface area contributed by atoms with Gasteiger partial charge in [0.2, 0.25) is 5.95 Å². The number of fused-ring (bicyclic) bond motifs is 1. The SMILES string of the molecule is CC(C)(C)OC(=O)N1CCC(c2ccnc(Nc3ccc4cc[nH]c4c3)n2)CC1. The number of ether oxygens (including phenoxy) is 1. The smallest absolute Gasteiger partial charge is 0.410 e. The van der Waals surface area contributed by atoms with Crippen LogP contribution in [-0.2, 0) is 4.74 Å². The Morgan fingerprint density at radius 1 is 1.21 bits per heavy atom. The van der Waals surface area contributed by atoms with Gasteiger partial charge in [-0.1, -0.05) is 6.07 Å². The van der Waals surface area contributed by atoms with Gasteiger partial charge in [-0.05, 0) is 63.3 Å². The first-order valence-electron chi connectivity index (χ1n) is 10.0. The lowest BCUT2D eigenvalue weighted by Gasteiger charge is -2.33. The monoisotopic (exact) mass is 393 g/mol. The normalized spacial score (nSPS) is 15.5. The number of aromatic nitrogens is 3. The number of hydrogen-bond acceptors (Lipinski definition) is 5. The number of hydrogen-bond donors (Lipinski definition) is 2. The Balaban J connectivity index is 1.39. The minimum atomic E-state index is -0.468. The van der Waals surface area contributed by atoms with Crippen LogP contribution >= 0.6 is 0 Å². The maximum absolute atomic E-state index is 12.3. The fraction of sp³-hybridized carbons (Fsp3) is 0.409. The van der Waals surface area contributed by atoms with E-state index < -0.39 is 5.60 Å². The Kier molecular flexibility index (Phi) is 5.13. The van der Waals surface area contributed by atoms with Gasteiger partial charge in [0.05, 0.1) is 0 Å². The molecule has 29 heavy (non-hydrogen) atoms. The molecule has 1 aliphatic heterocycles. The van der Waals surface area contributed by atoms with Crippen molar-refractivity contribution in [1.29, 1.82) is 0 Å². The molecule has 1 fully saturated rings. The topological polar surface area (TPSA) is 83.1 Å². The number of likely N-dealkylation sites (tertiary alicyclic amines) is 1. The van der Waals surface area contributed by atoms with Crippen molar-refractivity contribution in [3.63, 3.8) is 0 Å². The van der Waals surface area contributed by atoms with Gasteiger partial charge in [-0.25, -0.2) is 14.8 Å². The summed E-state index contributed by atoms with van der Waals surface area (Å²) < 4.78 is 5.48. The summed E-state index contributed by atoms with van der Waals surface area (Å²) in [5, 5.41) is 4.46. The molecule has 1 aliphatic rings. The number of carbonyl (C=O) groups is 1. The summed E-state index contributed by atoms with van der Waals surface area (Å²) in [6.45, 7) is 7.02. The maximum atomic E-state index is 12.3. The molecule has 3 aromatic rings. The molecule has 3 heterocycles. The van der Waals surface area contributed by atoms with Gasteiger partial charge < -0.3 is 19.9 Å². The molecule has 2 N–H and O–H groups in total. The van der Waals surface area contributed by atoms with E-state index in [1.54, 1.807) is 11.1 Å². The molecule has 0 atom stereocenters. The second-order valence-electron chi connectivity index (χ2n) is 8.45. The molecule has 7 heteroatoms. The molecule has 0 spiro atoms. The Labute approximate surface area is 170 Å². The van der Waals surface area contributed by atoms with Crippen LogP contribution in [0, 0.1) is 0 Å². The highest BCUT2D eigenvalue weighted by Gasteiger charge is 2.28. The first kappa shape index (κ1) is 19.2. The van der Waals surface area contributed by atoms with Crippen LogP contribution < -0.4 is 5.32 Å². The number of rotatable bonds is 3. The fourth-order valence-corrected chi connectivity index (χ4v) is 3.60. The number of benzene rings is 1. The molecule has 0 unspecified atom stereocenters. The summed E-state index contributed by atoms with van der Waals surface area (Å²) in [7, 11) is 0. The summed E-state index contributed by atoms with van der Waals surface area (Å²) >= 11 is 0. The second-order valence-corrected chi connectivity index (χ2v) is 8.45. The van der Waals surface area contributed by atoms with Crippen molar-refractivity contribution in [2.24, 2.45) is 0 Å². The summed E-state index contributed by atoms with van der Waals surface area (Å²) in [6.07, 6.45) is 5.21. The van der Waals surface area contributed by atoms with E-state index in [0.717, 1.165) is 29.7 Å². The van der Waals surface area contributed by atoms with Gasteiger partial charge in [0, 0.05) is 48.3 Å². The average Bonchev–Trinajstić information content (AvgIpc) is 3.15. The van der Waals surface area contributed by atoms with Crippen molar-refractivity contribution in [3.05, 3.63) is 48.4 Å². The number of piperidine rings is 1. The summed E-state index contributed by atoms with van der Waals surface area (Å²) in [5.41, 5.74) is 2.55. The molecular formula is C22H27N5O2. The van der Waals surface area contributed by atoms with Gasteiger partial charge in [-0.15, -0.1) is 0 Å². The van der Waals surface area contributed by atoms with Crippen molar-refractivity contribution < 1.29 is 9.53 Å². The number of aromatic amines is 1. The van der Waals surface area contributed by atoms with E-state index in [-0.39, 0.29) is 6.09 Å². The highest BCUT2D eigenvalue weighted by atomic mass is 16.6. The minimum absolute atomic E-state index is 0.235. The quantitative estimate of drug-likeness (QED) is 0.667. The number of H-pyrrole nitrogens is 1. The standard InChI is InChI=1S/C22H27N5O2/c1-22(2,3)29-21(28)27-12-8-16(9-13-27)18-7-11-24-20(26-18)25-17-5-4-15-6-10-23-19(15)14-17/h4-7,10-11,14,16,23H,8-9,12-13H2,1-3H3,(H,24,25,26). The van der Waals surface area contributed by atoms with E-state index in [2.05, 4.69) is 21.4 Å². The minimum Gasteiger partial charge on any atom is -0.444 e. The predicted molar refractivity (Wildman–Crippen MR) is 113 cm³/mol. The number of nitrogens with one attached hydrogen (secondary N) is 2. The molecule has 7 nitrogen and oxygen atoms in total. The number of nitrogens with zero attached hydrogens (tertiary/aromatic N) is 3. The van der Waals surface area contributed by atoms with Crippen LogP contribution in [0.1, 0.15) is 45.2 Å². The second kappa shape index (κ2) is 7.73. The largest absolute Gasteiger partial charge is 0.444 e. The lowest BCUT2D eigenvalue weighted by molar-refractivity contribution is 0.0204. The predicted octanol–water partition coefficient (Wildman–Crippen LogP) is 4.82. The Hall–Kier alpha value is -3.09. The summed E-state index contributed by atoms with van der Waals surface area (Å²) in [6, 6.07) is 10.1. The molecule has 1 saturated heterocycles. The van der Waals surface area contributed by atoms with Gasteiger partial charge >= 0.3 is 6.09 Å². The third-order valence-electron chi connectivity index (χ3n) is 5.05. The highest BCUT2D eigenvalue weighted by molar-refractivity contribution is 5.83. The first-order valence-corrected chi connectivity index (χ1v) is 10.0.